The van der Waals surface area contributed by atoms with Gasteiger partial charge in [0.1, 0.15) is 0 Å². The lowest BCUT2D eigenvalue weighted by molar-refractivity contribution is 0.0953. The van der Waals surface area contributed by atoms with Gasteiger partial charge < -0.3 is 9.88 Å². The van der Waals surface area contributed by atoms with Crippen LogP contribution in [0, 0.1) is 0 Å². The zero-order chi connectivity index (χ0) is 13.5. The van der Waals surface area contributed by atoms with Gasteiger partial charge in [-0.2, -0.15) is 0 Å². The summed E-state index contributed by atoms with van der Waals surface area (Å²) in [6, 6.07) is 7.70. The van der Waals surface area contributed by atoms with Crippen molar-refractivity contribution in [2.75, 3.05) is 6.54 Å². The summed E-state index contributed by atoms with van der Waals surface area (Å²) in [5.74, 6) is 0.00244. The number of nitrogens with one attached hydrogen (secondary N) is 1. The fourth-order valence-corrected chi connectivity index (χ4v) is 1.83. The van der Waals surface area contributed by atoms with E-state index in [0.29, 0.717) is 5.56 Å². The maximum absolute atomic E-state index is 11.8. The molecule has 1 N–H and O–H groups in total. The number of aromatic nitrogens is 2. The number of unbranched alkanes of at least 4 members (excludes halogenated alkanes) is 1. The SMILES string of the molecule is CCCCNC(=O)c1ccc(Cn2ccnc2)cc1. The maximum atomic E-state index is 11.8. The van der Waals surface area contributed by atoms with Gasteiger partial charge in [-0.25, -0.2) is 4.98 Å². The predicted molar refractivity (Wildman–Crippen MR) is 75.0 cm³/mol. The quantitative estimate of drug-likeness (QED) is 0.808. The topological polar surface area (TPSA) is 46.9 Å². The van der Waals surface area contributed by atoms with Gasteiger partial charge in [0, 0.05) is 31.0 Å². The number of carbonyl (C=O) groups is 1. The van der Waals surface area contributed by atoms with Gasteiger partial charge in [-0.3, -0.25) is 4.79 Å². The second-order valence-corrected chi connectivity index (χ2v) is 4.54. The molecule has 0 aliphatic rings. The van der Waals surface area contributed by atoms with E-state index < -0.39 is 0 Å². The fourth-order valence-electron chi connectivity index (χ4n) is 1.83. The molecule has 100 valence electrons. The molecule has 0 saturated carbocycles. The summed E-state index contributed by atoms with van der Waals surface area (Å²) < 4.78 is 2.00. The van der Waals surface area contributed by atoms with Crippen LogP contribution in [0.2, 0.25) is 0 Å². The Morgan fingerprint density at radius 2 is 2.11 bits per heavy atom. The van der Waals surface area contributed by atoms with Crippen LogP contribution in [0.4, 0.5) is 0 Å². The minimum absolute atomic E-state index is 0.00244. The molecule has 0 spiro atoms. The van der Waals surface area contributed by atoms with E-state index in [4.69, 9.17) is 0 Å². The molecule has 0 radical (unpaired) electrons. The van der Waals surface area contributed by atoms with Crippen molar-refractivity contribution >= 4 is 5.91 Å². The molecule has 2 rings (SSSR count). The lowest BCUT2D eigenvalue weighted by Gasteiger charge is -2.06. The van der Waals surface area contributed by atoms with E-state index in [1.807, 2.05) is 35.0 Å². The number of imidazole rings is 1. The third kappa shape index (κ3) is 3.95. The number of benzene rings is 1. The van der Waals surface area contributed by atoms with Gasteiger partial charge in [-0.15, -0.1) is 0 Å². The van der Waals surface area contributed by atoms with Crippen molar-refractivity contribution in [2.45, 2.75) is 26.3 Å². The molecule has 1 heterocycles. The van der Waals surface area contributed by atoms with Crippen LogP contribution in [0.1, 0.15) is 35.7 Å². The van der Waals surface area contributed by atoms with Crippen molar-refractivity contribution in [3.8, 4) is 0 Å². The van der Waals surface area contributed by atoms with Gasteiger partial charge in [0.05, 0.1) is 6.33 Å². The molecule has 0 atom stereocenters. The molecule has 1 aromatic heterocycles. The first kappa shape index (κ1) is 13.3. The summed E-state index contributed by atoms with van der Waals surface area (Å²) in [5, 5.41) is 2.91. The molecule has 0 unspecified atom stereocenters. The van der Waals surface area contributed by atoms with Gasteiger partial charge in [-0.1, -0.05) is 25.5 Å². The second kappa shape index (κ2) is 6.73. The molecule has 1 amide bonds. The number of amides is 1. The van der Waals surface area contributed by atoms with Crippen LogP contribution in [-0.4, -0.2) is 22.0 Å². The summed E-state index contributed by atoms with van der Waals surface area (Å²) in [6.07, 6.45) is 7.57. The van der Waals surface area contributed by atoms with Crippen LogP contribution in [0.5, 0.6) is 0 Å². The molecule has 0 aliphatic carbocycles. The number of hydrogen-bond donors (Lipinski definition) is 1. The van der Waals surface area contributed by atoms with Gasteiger partial charge >= 0.3 is 0 Å². The van der Waals surface area contributed by atoms with E-state index in [9.17, 15) is 4.79 Å². The van der Waals surface area contributed by atoms with Crippen molar-refractivity contribution in [3.63, 3.8) is 0 Å². The van der Waals surface area contributed by atoms with E-state index in [0.717, 1.165) is 31.5 Å². The van der Waals surface area contributed by atoms with Crippen LogP contribution in [0.3, 0.4) is 0 Å². The zero-order valence-electron chi connectivity index (χ0n) is 11.2. The van der Waals surface area contributed by atoms with Crippen LogP contribution in [0.25, 0.3) is 0 Å². The Hall–Kier alpha value is -2.10. The largest absolute Gasteiger partial charge is 0.352 e. The minimum atomic E-state index is 0.00244. The van der Waals surface area contributed by atoms with Crippen LogP contribution < -0.4 is 5.32 Å². The summed E-state index contributed by atoms with van der Waals surface area (Å²) in [6.45, 7) is 3.63. The Bertz CT molecular complexity index is 503. The molecule has 1 aromatic carbocycles. The first-order chi connectivity index (χ1) is 9.29. The number of hydrogen-bond acceptors (Lipinski definition) is 2. The predicted octanol–water partition coefficient (Wildman–Crippen LogP) is 2.46. The standard InChI is InChI=1S/C15H19N3O/c1-2-3-8-17-15(19)14-6-4-13(5-7-14)11-18-10-9-16-12-18/h4-7,9-10,12H,2-3,8,11H2,1H3,(H,17,19). The van der Waals surface area contributed by atoms with E-state index >= 15 is 0 Å². The van der Waals surface area contributed by atoms with E-state index in [-0.39, 0.29) is 5.91 Å². The number of carbonyl (C=O) groups excluding carboxylic acids is 1. The summed E-state index contributed by atoms with van der Waals surface area (Å²) >= 11 is 0. The lowest BCUT2D eigenvalue weighted by Crippen LogP contribution is -2.24. The lowest BCUT2D eigenvalue weighted by atomic mass is 10.1. The summed E-state index contributed by atoms with van der Waals surface area (Å²) in [5.41, 5.74) is 1.87. The third-order valence-electron chi connectivity index (χ3n) is 2.96. The number of rotatable bonds is 6. The first-order valence-corrected chi connectivity index (χ1v) is 6.62. The highest BCUT2D eigenvalue weighted by Gasteiger charge is 2.04. The van der Waals surface area contributed by atoms with Gasteiger partial charge in [0.2, 0.25) is 0 Å². The summed E-state index contributed by atoms with van der Waals surface area (Å²) in [7, 11) is 0. The van der Waals surface area contributed by atoms with E-state index in [1.165, 1.54) is 0 Å². The molecular weight excluding hydrogens is 238 g/mol. The van der Waals surface area contributed by atoms with Crippen LogP contribution >= 0.6 is 0 Å². The molecule has 0 bridgehead atoms. The van der Waals surface area contributed by atoms with Crippen molar-refractivity contribution in [2.24, 2.45) is 0 Å². The van der Waals surface area contributed by atoms with Gasteiger partial charge in [0.15, 0.2) is 0 Å². The third-order valence-corrected chi connectivity index (χ3v) is 2.96. The Kier molecular flexibility index (Phi) is 4.72. The van der Waals surface area contributed by atoms with Crippen molar-refractivity contribution in [3.05, 3.63) is 54.1 Å². The minimum Gasteiger partial charge on any atom is -0.352 e. The Labute approximate surface area is 113 Å². The Balaban J connectivity index is 1.92. The zero-order valence-corrected chi connectivity index (χ0v) is 11.2. The monoisotopic (exact) mass is 257 g/mol. The van der Waals surface area contributed by atoms with Gasteiger partial charge in [0.25, 0.3) is 5.91 Å². The molecule has 4 nitrogen and oxygen atoms in total. The highest BCUT2D eigenvalue weighted by Crippen LogP contribution is 2.06. The molecule has 0 fully saturated rings. The van der Waals surface area contributed by atoms with Crippen molar-refractivity contribution in [1.82, 2.24) is 14.9 Å². The average molecular weight is 257 g/mol. The highest BCUT2D eigenvalue weighted by molar-refractivity contribution is 5.94. The maximum Gasteiger partial charge on any atom is 0.251 e. The van der Waals surface area contributed by atoms with Crippen LogP contribution in [0.15, 0.2) is 43.0 Å². The molecule has 0 aliphatic heterocycles. The first-order valence-electron chi connectivity index (χ1n) is 6.62. The molecule has 19 heavy (non-hydrogen) atoms. The normalized spacial score (nSPS) is 10.4. The molecule has 2 aromatic rings. The second-order valence-electron chi connectivity index (χ2n) is 4.54. The fraction of sp³-hybridized carbons (Fsp3) is 0.333. The Morgan fingerprint density at radius 1 is 1.32 bits per heavy atom. The average Bonchev–Trinajstić information content (AvgIpc) is 2.93. The van der Waals surface area contributed by atoms with Crippen molar-refractivity contribution < 1.29 is 4.79 Å². The smallest absolute Gasteiger partial charge is 0.251 e. The molecular formula is C15H19N3O. The molecule has 0 saturated heterocycles. The Morgan fingerprint density at radius 3 is 2.74 bits per heavy atom. The molecule has 4 heteroatoms. The van der Waals surface area contributed by atoms with Crippen LogP contribution in [-0.2, 0) is 6.54 Å². The van der Waals surface area contributed by atoms with E-state index in [1.54, 1.807) is 12.5 Å². The number of nitrogens with zero attached hydrogens (tertiary/aromatic N) is 2. The van der Waals surface area contributed by atoms with Crippen molar-refractivity contribution in [1.29, 1.82) is 0 Å². The van der Waals surface area contributed by atoms with Gasteiger partial charge in [-0.05, 0) is 24.1 Å². The van der Waals surface area contributed by atoms with E-state index in [2.05, 4.69) is 17.2 Å². The highest BCUT2D eigenvalue weighted by atomic mass is 16.1. The summed E-state index contributed by atoms with van der Waals surface area (Å²) in [4.78, 5) is 15.8.